The van der Waals surface area contributed by atoms with E-state index < -0.39 is 0 Å². The van der Waals surface area contributed by atoms with E-state index in [4.69, 9.17) is 0 Å². The minimum Gasteiger partial charge on any atom is -0.339 e. The summed E-state index contributed by atoms with van der Waals surface area (Å²) in [6, 6.07) is 7.49. The van der Waals surface area contributed by atoms with Crippen LogP contribution < -0.4 is 5.32 Å². The molecule has 6 nitrogen and oxygen atoms in total. The summed E-state index contributed by atoms with van der Waals surface area (Å²) in [4.78, 5) is 20.6. The zero-order chi connectivity index (χ0) is 15.4. The molecule has 0 aliphatic rings. The maximum absolute atomic E-state index is 12.4. The number of hydrogen-bond donors (Lipinski definition) is 1. The number of aromatic nitrogens is 4. The van der Waals surface area contributed by atoms with Gasteiger partial charge in [-0.15, -0.1) is 0 Å². The van der Waals surface area contributed by atoms with E-state index in [-0.39, 0.29) is 5.91 Å². The zero-order valence-corrected chi connectivity index (χ0v) is 12.9. The van der Waals surface area contributed by atoms with E-state index in [1.54, 1.807) is 18.5 Å². The summed E-state index contributed by atoms with van der Waals surface area (Å²) >= 11 is 1.31. The van der Waals surface area contributed by atoms with E-state index in [0.717, 1.165) is 17.0 Å². The summed E-state index contributed by atoms with van der Waals surface area (Å²) in [5.74, 6) is 0.156. The molecule has 0 spiro atoms. The van der Waals surface area contributed by atoms with Gasteiger partial charge in [-0.2, -0.15) is 4.37 Å². The van der Waals surface area contributed by atoms with Crippen molar-refractivity contribution in [2.24, 2.45) is 0 Å². The van der Waals surface area contributed by atoms with E-state index >= 15 is 0 Å². The van der Waals surface area contributed by atoms with Crippen LogP contribution in [0.2, 0.25) is 0 Å². The second-order valence-corrected chi connectivity index (χ2v) is 5.53. The summed E-state index contributed by atoms with van der Waals surface area (Å²) < 4.78 is 6.02. The van der Waals surface area contributed by atoms with Crippen molar-refractivity contribution in [3.05, 3.63) is 59.1 Å². The molecule has 112 valence electrons. The van der Waals surface area contributed by atoms with Crippen LogP contribution in [0.4, 0.5) is 5.95 Å². The van der Waals surface area contributed by atoms with Crippen molar-refractivity contribution in [1.29, 1.82) is 0 Å². The number of nitrogens with zero attached hydrogens (tertiary/aromatic N) is 4. The molecule has 0 radical (unpaired) electrons. The molecule has 3 rings (SSSR count). The fraction of sp³-hybridized carbons (Fsp3) is 0.200. The molecule has 1 N–H and O–H groups in total. The third kappa shape index (κ3) is 3.20. The van der Waals surface area contributed by atoms with Gasteiger partial charge in [-0.3, -0.25) is 15.1 Å². The van der Waals surface area contributed by atoms with Gasteiger partial charge in [0.05, 0.1) is 0 Å². The summed E-state index contributed by atoms with van der Waals surface area (Å²) in [5.41, 5.74) is 1.66. The monoisotopic (exact) mass is 313 g/mol. The molecule has 3 aromatic rings. The van der Waals surface area contributed by atoms with Crippen molar-refractivity contribution in [2.75, 3.05) is 5.32 Å². The normalized spacial score (nSPS) is 10.6. The minimum absolute atomic E-state index is 0.209. The number of amides is 1. The molecule has 0 unspecified atom stereocenters. The van der Waals surface area contributed by atoms with Gasteiger partial charge < -0.3 is 4.57 Å². The number of aryl methyl sites for hydroxylation is 1. The Kier molecular flexibility index (Phi) is 4.24. The maximum atomic E-state index is 12.4. The second kappa shape index (κ2) is 6.48. The first-order chi connectivity index (χ1) is 10.8. The van der Waals surface area contributed by atoms with Crippen LogP contribution in [-0.2, 0) is 13.0 Å². The number of carbonyl (C=O) groups excluding carboxylic acids is 1. The van der Waals surface area contributed by atoms with Gasteiger partial charge in [0.15, 0.2) is 0 Å². The maximum Gasteiger partial charge on any atom is 0.274 e. The van der Waals surface area contributed by atoms with Gasteiger partial charge in [-0.1, -0.05) is 6.92 Å². The van der Waals surface area contributed by atoms with E-state index in [2.05, 4.69) is 19.7 Å². The predicted octanol–water partition coefficient (Wildman–Crippen LogP) is 2.60. The highest BCUT2D eigenvalue weighted by atomic mass is 32.1. The fourth-order valence-electron chi connectivity index (χ4n) is 2.06. The molecule has 0 saturated carbocycles. The van der Waals surface area contributed by atoms with Crippen LogP contribution in [0.5, 0.6) is 0 Å². The number of rotatable bonds is 5. The molecule has 0 bridgehead atoms. The van der Waals surface area contributed by atoms with E-state index in [0.29, 0.717) is 18.2 Å². The average Bonchev–Trinajstić information content (AvgIpc) is 3.17. The van der Waals surface area contributed by atoms with Gasteiger partial charge in [0.2, 0.25) is 5.95 Å². The summed E-state index contributed by atoms with van der Waals surface area (Å²) in [5, 5.41) is 3.65. The van der Waals surface area contributed by atoms with E-state index in [1.165, 1.54) is 11.5 Å². The van der Waals surface area contributed by atoms with Crippen LogP contribution in [0.1, 0.15) is 28.0 Å². The predicted molar refractivity (Wildman–Crippen MR) is 85.0 cm³/mol. The third-order valence-electron chi connectivity index (χ3n) is 3.16. The van der Waals surface area contributed by atoms with Crippen LogP contribution in [0.15, 0.2) is 42.9 Å². The van der Waals surface area contributed by atoms with E-state index in [1.807, 2.05) is 35.9 Å². The molecule has 3 heterocycles. The first kappa shape index (κ1) is 14.4. The highest BCUT2D eigenvalue weighted by Gasteiger charge is 2.13. The van der Waals surface area contributed by atoms with Crippen molar-refractivity contribution >= 4 is 23.4 Å². The quantitative estimate of drug-likeness (QED) is 0.786. The Morgan fingerprint density at radius 1 is 1.32 bits per heavy atom. The Morgan fingerprint density at radius 3 is 2.86 bits per heavy atom. The van der Waals surface area contributed by atoms with Gasteiger partial charge in [0.25, 0.3) is 5.91 Å². The Labute approximate surface area is 132 Å². The average molecular weight is 313 g/mol. The van der Waals surface area contributed by atoms with Gasteiger partial charge in [-0.05, 0) is 47.8 Å². The smallest absolute Gasteiger partial charge is 0.274 e. The molecule has 0 aromatic carbocycles. The van der Waals surface area contributed by atoms with Gasteiger partial charge in [0, 0.05) is 25.1 Å². The molecule has 0 fully saturated rings. The summed E-state index contributed by atoms with van der Waals surface area (Å²) in [6.07, 6.45) is 6.17. The highest BCUT2D eigenvalue weighted by molar-refractivity contribution is 7.05. The van der Waals surface area contributed by atoms with Crippen LogP contribution in [-0.4, -0.2) is 24.8 Å². The van der Waals surface area contributed by atoms with Crippen molar-refractivity contribution in [3.8, 4) is 0 Å². The van der Waals surface area contributed by atoms with Crippen molar-refractivity contribution < 1.29 is 4.79 Å². The SMILES string of the molecule is CCc1nc(NC(=O)c2cccn2Cc2ccncc2)ns1. The largest absolute Gasteiger partial charge is 0.339 e. The molecular formula is C15H15N5OS. The first-order valence-electron chi connectivity index (χ1n) is 6.94. The molecule has 0 atom stereocenters. The number of pyridine rings is 1. The molecule has 3 aromatic heterocycles. The Balaban J connectivity index is 1.74. The number of hydrogen-bond acceptors (Lipinski definition) is 5. The number of nitrogens with one attached hydrogen (secondary N) is 1. The Morgan fingerprint density at radius 2 is 2.14 bits per heavy atom. The molecule has 0 aliphatic carbocycles. The molecule has 22 heavy (non-hydrogen) atoms. The molecule has 7 heteroatoms. The summed E-state index contributed by atoms with van der Waals surface area (Å²) in [7, 11) is 0. The zero-order valence-electron chi connectivity index (χ0n) is 12.1. The van der Waals surface area contributed by atoms with Crippen molar-refractivity contribution in [3.63, 3.8) is 0 Å². The molecule has 1 amide bonds. The van der Waals surface area contributed by atoms with E-state index in [9.17, 15) is 4.79 Å². The number of anilines is 1. The van der Waals surface area contributed by atoms with Crippen molar-refractivity contribution in [2.45, 2.75) is 19.9 Å². The minimum atomic E-state index is -0.209. The van der Waals surface area contributed by atoms with Gasteiger partial charge in [-0.25, -0.2) is 4.98 Å². The number of carbonyl (C=O) groups is 1. The van der Waals surface area contributed by atoms with Gasteiger partial charge >= 0.3 is 0 Å². The lowest BCUT2D eigenvalue weighted by atomic mass is 10.2. The third-order valence-corrected chi connectivity index (χ3v) is 4.02. The second-order valence-electron chi connectivity index (χ2n) is 4.70. The summed E-state index contributed by atoms with van der Waals surface area (Å²) in [6.45, 7) is 2.62. The fourth-order valence-corrected chi connectivity index (χ4v) is 2.59. The van der Waals surface area contributed by atoms with Crippen LogP contribution >= 0.6 is 11.5 Å². The lowest BCUT2D eigenvalue weighted by molar-refractivity contribution is 0.101. The van der Waals surface area contributed by atoms with Crippen molar-refractivity contribution in [1.82, 2.24) is 18.9 Å². The lowest BCUT2D eigenvalue weighted by Gasteiger charge is -2.08. The first-order valence-corrected chi connectivity index (χ1v) is 7.71. The standard InChI is InChI=1S/C15H15N5OS/c1-2-13-17-15(19-22-13)18-14(21)12-4-3-9-20(12)10-11-5-7-16-8-6-11/h3-9H,2,10H2,1H3,(H,18,19,21). The van der Waals surface area contributed by atoms with Crippen LogP contribution in [0, 0.1) is 0 Å². The van der Waals surface area contributed by atoms with Crippen LogP contribution in [0.25, 0.3) is 0 Å². The molecular weight excluding hydrogens is 298 g/mol. The molecule has 0 aliphatic heterocycles. The Bertz CT molecular complexity index is 765. The molecule has 0 saturated heterocycles. The van der Waals surface area contributed by atoms with Gasteiger partial charge in [0.1, 0.15) is 10.7 Å². The Hall–Kier alpha value is -2.54. The topological polar surface area (TPSA) is 72.7 Å². The lowest BCUT2D eigenvalue weighted by Crippen LogP contribution is -2.18. The van der Waals surface area contributed by atoms with Crippen LogP contribution in [0.3, 0.4) is 0 Å². The highest BCUT2D eigenvalue weighted by Crippen LogP contribution is 2.12.